The molecular weight excluding hydrogens is 280 g/mol. The van der Waals surface area contributed by atoms with Crippen molar-refractivity contribution in [1.82, 2.24) is 9.80 Å². The molecular formula is C17H24N2O3. The fourth-order valence-electron chi connectivity index (χ4n) is 1.78. The van der Waals surface area contributed by atoms with E-state index in [9.17, 15) is 9.59 Å². The van der Waals surface area contributed by atoms with Gasteiger partial charge in [0.15, 0.2) is 0 Å². The lowest BCUT2D eigenvalue weighted by Crippen LogP contribution is -2.36. The van der Waals surface area contributed by atoms with Gasteiger partial charge in [0.2, 0.25) is 0 Å². The van der Waals surface area contributed by atoms with Gasteiger partial charge in [0.25, 0.3) is 11.8 Å². The molecule has 5 nitrogen and oxygen atoms in total. The van der Waals surface area contributed by atoms with Gasteiger partial charge in [-0.15, -0.1) is 19.4 Å². The molecule has 0 rings (SSSR count). The molecule has 0 N–H and O–H groups in total. The Kier molecular flexibility index (Phi) is 11.2. The van der Waals surface area contributed by atoms with Gasteiger partial charge in [-0.25, -0.2) is 0 Å². The number of ether oxygens (including phenoxy) is 1. The second kappa shape index (κ2) is 12.5. The van der Waals surface area contributed by atoms with Crippen molar-refractivity contribution < 1.29 is 14.3 Å². The quantitative estimate of drug-likeness (QED) is 0.324. The highest BCUT2D eigenvalue weighted by Crippen LogP contribution is 1.96. The number of carbonyl (C=O) groups is 2. The first-order chi connectivity index (χ1) is 10.6. The van der Waals surface area contributed by atoms with Gasteiger partial charge in [0, 0.05) is 26.2 Å². The second-order valence-corrected chi connectivity index (χ2v) is 4.56. The minimum atomic E-state index is -0.361. The zero-order chi connectivity index (χ0) is 16.8. The first kappa shape index (κ1) is 19.8. The number of nitrogens with zero attached hydrogens (tertiary/aromatic N) is 2. The average Bonchev–Trinajstić information content (AvgIpc) is 2.54. The predicted octanol–water partition coefficient (Wildman–Crippen LogP) is 0.913. The summed E-state index contributed by atoms with van der Waals surface area (Å²) in [7, 11) is 0. The zero-order valence-corrected chi connectivity index (χ0v) is 13.2. The van der Waals surface area contributed by atoms with Gasteiger partial charge < -0.3 is 14.5 Å². The highest BCUT2D eigenvalue weighted by atomic mass is 16.5. The van der Waals surface area contributed by atoms with Crippen molar-refractivity contribution in [2.45, 2.75) is 19.8 Å². The lowest BCUT2D eigenvalue weighted by atomic mass is 10.3. The van der Waals surface area contributed by atoms with E-state index in [-0.39, 0.29) is 11.8 Å². The van der Waals surface area contributed by atoms with Crippen molar-refractivity contribution in [3.05, 3.63) is 12.7 Å². The normalized spacial score (nSPS) is 9.41. The van der Waals surface area contributed by atoms with Crippen LogP contribution in [0.25, 0.3) is 0 Å². The third-order valence-corrected chi connectivity index (χ3v) is 2.93. The van der Waals surface area contributed by atoms with Gasteiger partial charge in [-0.3, -0.25) is 9.59 Å². The van der Waals surface area contributed by atoms with Crippen LogP contribution in [-0.2, 0) is 14.3 Å². The molecule has 120 valence electrons. The van der Waals surface area contributed by atoms with E-state index in [1.165, 1.54) is 4.90 Å². The smallest absolute Gasteiger partial charge is 0.298 e. The summed E-state index contributed by atoms with van der Waals surface area (Å²) in [5.74, 6) is 3.50. The topological polar surface area (TPSA) is 49.9 Å². The lowest BCUT2D eigenvalue weighted by molar-refractivity contribution is -0.126. The highest BCUT2D eigenvalue weighted by molar-refractivity contribution is 5.93. The molecule has 22 heavy (non-hydrogen) atoms. The van der Waals surface area contributed by atoms with Crippen LogP contribution < -0.4 is 0 Å². The molecule has 0 unspecified atom stereocenters. The van der Waals surface area contributed by atoms with Gasteiger partial charge in [0.05, 0.1) is 13.2 Å². The molecule has 0 radical (unpaired) electrons. The Bertz CT molecular complexity index is 446. The molecule has 0 saturated carbocycles. The van der Waals surface area contributed by atoms with Crippen LogP contribution >= 0.6 is 0 Å². The van der Waals surface area contributed by atoms with Crippen LogP contribution in [0.2, 0.25) is 0 Å². The maximum atomic E-state index is 11.5. The molecule has 0 heterocycles. The summed E-state index contributed by atoms with van der Waals surface area (Å²) >= 11 is 0. The zero-order valence-electron chi connectivity index (χ0n) is 13.2. The molecule has 0 aromatic rings. The molecule has 5 heteroatoms. The maximum Gasteiger partial charge on any atom is 0.298 e. The minimum Gasteiger partial charge on any atom is -0.378 e. The number of rotatable bonds is 11. The summed E-state index contributed by atoms with van der Waals surface area (Å²) in [6, 6.07) is 0. The lowest BCUT2D eigenvalue weighted by Gasteiger charge is -2.21. The summed E-state index contributed by atoms with van der Waals surface area (Å²) in [6.07, 6.45) is 13.5. The van der Waals surface area contributed by atoms with E-state index in [2.05, 4.69) is 18.4 Å². The fourth-order valence-corrected chi connectivity index (χ4v) is 1.78. The fraction of sp³-hybridized carbons (Fsp3) is 0.529. The predicted molar refractivity (Wildman–Crippen MR) is 86.8 cm³/mol. The SMILES string of the molecule is C#CC(=O)N(CCC)CCOCCN(CCC=C)C(=O)C#C. The monoisotopic (exact) mass is 304 g/mol. The van der Waals surface area contributed by atoms with E-state index < -0.39 is 0 Å². The molecule has 0 saturated heterocycles. The summed E-state index contributed by atoms with van der Waals surface area (Å²) in [6.45, 7) is 8.28. The van der Waals surface area contributed by atoms with Crippen molar-refractivity contribution >= 4 is 11.8 Å². The van der Waals surface area contributed by atoms with E-state index >= 15 is 0 Å². The average molecular weight is 304 g/mol. The van der Waals surface area contributed by atoms with E-state index in [0.29, 0.717) is 45.8 Å². The van der Waals surface area contributed by atoms with Crippen molar-refractivity contribution in [2.24, 2.45) is 0 Å². The Labute approximate surface area is 133 Å². The van der Waals surface area contributed by atoms with Crippen LogP contribution in [0, 0.1) is 24.7 Å². The van der Waals surface area contributed by atoms with Crippen molar-refractivity contribution in [1.29, 1.82) is 0 Å². The Morgan fingerprint density at radius 2 is 1.55 bits per heavy atom. The third-order valence-electron chi connectivity index (χ3n) is 2.93. The van der Waals surface area contributed by atoms with E-state index in [4.69, 9.17) is 17.6 Å². The molecule has 0 atom stereocenters. The summed E-state index contributed by atoms with van der Waals surface area (Å²) < 4.78 is 5.46. The third kappa shape index (κ3) is 8.14. The van der Waals surface area contributed by atoms with E-state index in [1.54, 1.807) is 11.0 Å². The van der Waals surface area contributed by atoms with Gasteiger partial charge in [-0.1, -0.05) is 13.0 Å². The molecule has 0 spiro atoms. The van der Waals surface area contributed by atoms with Gasteiger partial charge in [-0.2, -0.15) is 0 Å². The standard InChI is InChI=1S/C17H24N2O3/c1-5-9-11-19(17(21)8-4)13-15-22-14-12-18(10-6-2)16(20)7-3/h3-5H,1,6,9-15H2,2H3. The summed E-state index contributed by atoms with van der Waals surface area (Å²) in [5, 5.41) is 0. The first-order valence-corrected chi connectivity index (χ1v) is 7.30. The first-order valence-electron chi connectivity index (χ1n) is 7.30. The molecule has 0 aliphatic rings. The molecule has 0 aliphatic heterocycles. The Hall–Kier alpha value is -2.24. The number of hydrogen-bond acceptors (Lipinski definition) is 3. The Morgan fingerprint density at radius 1 is 1.05 bits per heavy atom. The van der Waals surface area contributed by atoms with E-state index in [1.807, 2.05) is 6.92 Å². The Morgan fingerprint density at radius 3 is 1.95 bits per heavy atom. The summed E-state index contributed by atoms with van der Waals surface area (Å²) in [4.78, 5) is 26.1. The van der Waals surface area contributed by atoms with Crippen LogP contribution in [0.15, 0.2) is 12.7 Å². The van der Waals surface area contributed by atoms with Crippen molar-refractivity contribution in [3.8, 4) is 24.7 Å². The van der Waals surface area contributed by atoms with Crippen LogP contribution in [0.4, 0.5) is 0 Å². The van der Waals surface area contributed by atoms with Crippen molar-refractivity contribution in [2.75, 3.05) is 39.4 Å². The van der Waals surface area contributed by atoms with Crippen molar-refractivity contribution in [3.63, 3.8) is 0 Å². The highest BCUT2D eigenvalue weighted by Gasteiger charge is 2.11. The van der Waals surface area contributed by atoms with Gasteiger partial charge >= 0.3 is 0 Å². The van der Waals surface area contributed by atoms with Crippen LogP contribution in [0.1, 0.15) is 19.8 Å². The Balaban J connectivity index is 4.09. The molecule has 0 aromatic carbocycles. The van der Waals surface area contributed by atoms with Crippen LogP contribution in [0.3, 0.4) is 0 Å². The maximum absolute atomic E-state index is 11.5. The molecule has 0 bridgehead atoms. The second-order valence-electron chi connectivity index (χ2n) is 4.56. The van der Waals surface area contributed by atoms with Gasteiger partial charge in [0.1, 0.15) is 0 Å². The number of terminal acetylenes is 2. The summed E-state index contributed by atoms with van der Waals surface area (Å²) in [5.41, 5.74) is 0. The largest absolute Gasteiger partial charge is 0.378 e. The number of amides is 2. The van der Waals surface area contributed by atoms with Crippen LogP contribution in [-0.4, -0.2) is 61.0 Å². The van der Waals surface area contributed by atoms with Crippen LogP contribution in [0.5, 0.6) is 0 Å². The molecule has 0 fully saturated rings. The number of hydrogen-bond donors (Lipinski definition) is 0. The number of carbonyl (C=O) groups excluding carboxylic acids is 2. The van der Waals surface area contributed by atoms with E-state index in [0.717, 1.165) is 6.42 Å². The minimum absolute atomic E-state index is 0.333. The molecule has 0 aliphatic carbocycles. The molecule has 0 aromatic heterocycles. The molecule has 2 amide bonds. The van der Waals surface area contributed by atoms with Gasteiger partial charge in [-0.05, 0) is 24.7 Å².